The van der Waals surface area contributed by atoms with E-state index in [4.69, 9.17) is 11.6 Å². The van der Waals surface area contributed by atoms with Crippen LogP contribution in [-0.2, 0) is 0 Å². The molecule has 2 heterocycles. The summed E-state index contributed by atoms with van der Waals surface area (Å²) < 4.78 is 13.8. The lowest BCUT2D eigenvalue weighted by molar-refractivity contribution is 0.221. The van der Waals surface area contributed by atoms with Crippen molar-refractivity contribution in [2.75, 3.05) is 10.6 Å². The first kappa shape index (κ1) is 27.7. The lowest BCUT2D eigenvalue weighted by atomic mass is 10.0. The van der Waals surface area contributed by atoms with Gasteiger partial charge < -0.3 is 16.1 Å². The Morgan fingerprint density at radius 1 is 1.02 bits per heavy atom. The number of benzene rings is 3. The monoisotopic (exact) mass is 566 g/mol. The van der Waals surface area contributed by atoms with E-state index in [0.717, 1.165) is 16.8 Å². The summed E-state index contributed by atoms with van der Waals surface area (Å²) >= 11 is 6.75. The van der Waals surface area contributed by atoms with Crippen molar-refractivity contribution in [2.24, 2.45) is 0 Å². The highest BCUT2D eigenvalue weighted by Gasteiger charge is 2.25. The number of pyridine rings is 1. The van der Waals surface area contributed by atoms with Crippen LogP contribution in [-0.4, -0.2) is 16.0 Å². The predicted octanol–water partition coefficient (Wildman–Crippen LogP) is 6.69. The van der Waals surface area contributed by atoms with E-state index in [0.29, 0.717) is 32.9 Å². The first-order valence-corrected chi connectivity index (χ1v) is 13.5. The van der Waals surface area contributed by atoms with Crippen molar-refractivity contribution in [3.63, 3.8) is 0 Å². The van der Waals surface area contributed by atoms with E-state index in [1.807, 2.05) is 47.6 Å². The van der Waals surface area contributed by atoms with Crippen LogP contribution in [0.25, 0.3) is 10.9 Å². The first-order valence-electron chi connectivity index (χ1n) is 13.1. The van der Waals surface area contributed by atoms with Crippen LogP contribution in [0.15, 0.2) is 84.8 Å². The van der Waals surface area contributed by atoms with Crippen LogP contribution in [0.4, 0.5) is 15.8 Å². The third-order valence-corrected chi connectivity index (χ3v) is 7.14. The van der Waals surface area contributed by atoms with Crippen molar-refractivity contribution in [3.05, 3.63) is 112 Å². The maximum Gasteiger partial charge on any atom is 0.123 e. The van der Waals surface area contributed by atoms with Crippen LogP contribution in [0, 0.1) is 28.5 Å². The minimum Gasteiger partial charge on any atom is -0.376 e. The number of rotatable bonds is 9. The fourth-order valence-corrected chi connectivity index (χ4v) is 4.99. The van der Waals surface area contributed by atoms with Crippen LogP contribution < -0.4 is 21.6 Å². The average Bonchev–Trinajstić information content (AvgIpc) is 3.47. The van der Waals surface area contributed by atoms with Crippen molar-refractivity contribution in [1.29, 1.82) is 10.5 Å². The molecular formula is C31H28ClFN8. The SMILES string of the molecule is CC(C)N1C=C([C@@H](Nc2cc(Cl)c3ncc(C#N)c(NC(CC#N)c4ccccc4)c3c2)c2ccc(F)cc2)NN1. The van der Waals surface area contributed by atoms with Crippen molar-refractivity contribution < 1.29 is 4.39 Å². The Morgan fingerprint density at radius 3 is 2.44 bits per heavy atom. The van der Waals surface area contributed by atoms with Crippen LogP contribution >= 0.6 is 11.6 Å². The van der Waals surface area contributed by atoms with Gasteiger partial charge in [-0.1, -0.05) is 54.1 Å². The topological polar surface area (TPSA) is 112 Å². The number of hydrogen-bond donors (Lipinski definition) is 4. The number of nitriles is 2. The largest absolute Gasteiger partial charge is 0.376 e. The zero-order valence-electron chi connectivity index (χ0n) is 22.5. The molecule has 1 aromatic heterocycles. The molecule has 206 valence electrons. The van der Waals surface area contributed by atoms with E-state index in [2.05, 4.69) is 52.6 Å². The molecule has 0 bridgehead atoms. The van der Waals surface area contributed by atoms with Gasteiger partial charge in [0.1, 0.15) is 11.9 Å². The van der Waals surface area contributed by atoms with Gasteiger partial charge in [-0.2, -0.15) is 10.5 Å². The van der Waals surface area contributed by atoms with E-state index in [1.165, 1.54) is 18.3 Å². The number of hydrazine groups is 2. The molecule has 0 fully saturated rings. The quantitative estimate of drug-likeness (QED) is 0.177. The van der Waals surface area contributed by atoms with Gasteiger partial charge in [0.05, 0.1) is 52.1 Å². The Hall–Kier alpha value is -4.83. The van der Waals surface area contributed by atoms with Gasteiger partial charge in [0.15, 0.2) is 0 Å². The van der Waals surface area contributed by atoms with E-state index >= 15 is 0 Å². The van der Waals surface area contributed by atoms with Gasteiger partial charge >= 0.3 is 0 Å². The van der Waals surface area contributed by atoms with Gasteiger partial charge in [0, 0.05) is 29.5 Å². The molecule has 0 spiro atoms. The average molecular weight is 567 g/mol. The Kier molecular flexibility index (Phi) is 8.21. The lowest BCUT2D eigenvalue weighted by Crippen LogP contribution is -2.41. The molecule has 0 radical (unpaired) electrons. The van der Waals surface area contributed by atoms with Crippen LogP contribution in [0.3, 0.4) is 0 Å². The second-order valence-corrected chi connectivity index (χ2v) is 10.3. The van der Waals surface area contributed by atoms with E-state index in [1.54, 1.807) is 18.2 Å². The molecule has 2 atom stereocenters. The molecular weight excluding hydrogens is 539 g/mol. The second kappa shape index (κ2) is 12.1. The summed E-state index contributed by atoms with van der Waals surface area (Å²) in [5.74, 6) is -0.326. The first-order chi connectivity index (χ1) is 19.9. The molecule has 10 heteroatoms. The van der Waals surface area contributed by atoms with E-state index < -0.39 is 0 Å². The van der Waals surface area contributed by atoms with Crippen molar-refractivity contribution >= 4 is 33.9 Å². The second-order valence-electron chi connectivity index (χ2n) is 9.93. The minimum absolute atomic E-state index is 0.191. The summed E-state index contributed by atoms with van der Waals surface area (Å²) in [4.78, 5) is 4.46. The predicted molar refractivity (Wildman–Crippen MR) is 159 cm³/mol. The van der Waals surface area contributed by atoms with Gasteiger partial charge in [-0.3, -0.25) is 9.99 Å². The zero-order chi connectivity index (χ0) is 28.9. The van der Waals surface area contributed by atoms with Crippen LogP contribution in [0.1, 0.15) is 49.0 Å². The van der Waals surface area contributed by atoms with Crippen molar-refractivity contribution in [1.82, 2.24) is 21.0 Å². The maximum absolute atomic E-state index is 13.8. The molecule has 1 aliphatic heterocycles. The van der Waals surface area contributed by atoms with E-state index in [9.17, 15) is 14.9 Å². The molecule has 41 heavy (non-hydrogen) atoms. The molecule has 0 aliphatic carbocycles. The fourth-order valence-electron chi connectivity index (χ4n) is 4.72. The summed E-state index contributed by atoms with van der Waals surface area (Å²) in [5.41, 5.74) is 11.0. The smallest absolute Gasteiger partial charge is 0.123 e. The summed E-state index contributed by atoms with van der Waals surface area (Å²) in [6.45, 7) is 4.11. The molecule has 4 N–H and O–H groups in total. The summed E-state index contributed by atoms with van der Waals surface area (Å²) in [6, 6.07) is 23.5. The highest BCUT2D eigenvalue weighted by atomic mass is 35.5. The number of hydrogen-bond acceptors (Lipinski definition) is 8. The number of anilines is 2. The molecule has 3 aromatic carbocycles. The van der Waals surface area contributed by atoms with Crippen molar-refractivity contribution in [3.8, 4) is 12.1 Å². The van der Waals surface area contributed by atoms with Crippen molar-refractivity contribution in [2.45, 2.75) is 38.4 Å². The number of fused-ring (bicyclic) bond motifs is 1. The van der Waals surface area contributed by atoms with Gasteiger partial charge in [-0.05, 0) is 49.2 Å². The Bertz CT molecular complexity index is 1660. The number of nitrogens with one attached hydrogen (secondary N) is 4. The molecule has 0 amide bonds. The Labute approximate surface area is 243 Å². The molecule has 1 unspecified atom stereocenters. The third-order valence-electron chi connectivity index (χ3n) is 6.85. The number of halogens is 2. The normalized spacial score (nSPS) is 14.1. The standard InChI is InChI=1S/C31H28ClFN8/c1-19(2)41-18-28(39-40-41)30(21-8-10-23(33)11-9-21)37-24-14-25-29(22(16-35)17-36-31(25)26(32)15-24)38-27(12-13-34)20-6-4-3-5-7-20/h3-11,14-15,17-19,27,30,37,39-40H,12H2,1-2H3,(H,36,38)/t27?,30-/m0/s1. The maximum atomic E-state index is 13.8. The summed E-state index contributed by atoms with van der Waals surface area (Å²) in [6.07, 6.45) is 3.64. The molecule has 0 saturated carbocycles. The Balaban J connectivity index is 1.59. The highest BCUT2D eigenvalue weighted by molar-refractivity contribution is 6.35. The zero-order valence-corrected chi connectivity index (χ0v) is 23.2. The highest BCUT2D eigenvalue weighted by Crippen LogP contribution is 2.37. The van der Waals surface area contributed by atoms with Gasteiger partial charge in [-0.15, -0.1) is 5.53 Å². The molecule has 5 rings (SSSR count). The molecule has 1 aliphatic rings. The lowest BCUT2D eigenvalue weighted by Gasteiger charge is -2.23. The molecule has 0 saturated heterocycles. The molecule has 8 nitrogen and oxygen atoms in total. The summed E-state index contributed by atoms with van der Waals surface area (Å²) in [7, 11) is 0. The molecule has 4 aromatic rings. The number of nitrogens with zero attached hydrogens (tertiary/aromatic N) is 4. The van der Waals surface area contributed by atoms with Crippen LogP contribution in [0.5, 0.6) is 0 Å². The fraction of sp³-hybridized carbons (Fsp3) is 0.194. The summed E-state index contributed by atoms with van der Waals surface area (Å²) in [5, 5.41) is 29.4. The van der Waals surface area contributed by atoms with E-state index in [-0.39, 0.29) is 30.4 Å². The Morgan fingerprint density at radius 2 is 1.78 bits per heavy atom. The minimum atomic E-state index is -0.389. The number of aromatic nitrogens is 1. The van der Waals surface area contributed by atoms with Gasteiger partial charge in [0.2, 0.25) is 0 Å². The van der Waals surface area contributed by atoms with Gasteiger partial charge in [0.25, 0.3) is 0 Å². The van der Waals surface area contributed by atoms with Gasteiger partial charge in [-0.25, -0.2) is 4.39 Å². The van der Waals surface area contributed by atoms with Crippen LogP contribution in [0.2, 0.25) is 5.02 Å². The third kappa shape index (κ3) is 6.02.